The summed E-state index contributed by atoms with van der Waals surface area (Å²) < 4.78 is 51.2. The standard InChI is InChI=1S/C26H28N2O6S3/c1-36(31,32)16-6-13-27-22-12-11-18(19-7-4-8-20(25(19)22)26(27)30)17-23(29)21-9-2-3-14-28(21)37(33,34)24-10-5-15-35-24/h4-5,7-8,10-12,15,21H,2-3,6,9,13-14,16-17H2,1H3. The van der Waals surface area contributed by atoms with Gasteiger partial charge in [-0.05, 0) is 53.8 Å². The maximum atomic E-state index is 13.6. The van der Waals surface area contributed by atoms with E-state index in [1.54, 1.807) is 40.6 Å². The summed E-state index contributed by atoms with van der Waals surface area (Å²) in [5.74, 6) is -0.345. The van der Waals surface area contributed by atoms with Crippen LogP contribution in [0.3, 0.4) is 0 Å². The Morgan fingerprint density at radius 1 is 1.05 bits per heavy atom. The first kappa shape index (κ1) is 26.0. The number of nitrogens with zero attached hydrogens (tertiary/aromatic N) is 2. The van der Waals surface area contributed by atoms with Gasteiger partial charge in [0, 0.05) is 36.7 Å². The fourth-order valence-electron chi connectivity index (χ4n) is 5.31. The summed E-state index contributed by atoms with van der Waals surface area (Å²) >= 11 is 1.15. The van der Waals surface area contributed by atoms with Crippen molar-refractivity contribution in [1.29, 1.82) is 0 Å². The zero-order valence-corrected chi connectivity index (χ0v) is 22.9. The lowest BCUT2D eigenvalue weighted by atomic mass is 9.93. The Hall–Kier alpha value is -2.60. The van der Waals surface area contributed by atoms with Crippen LogP contribution in [0.25, 0.3) is 10.8 Å². The molecule has 2 aromatic carbocycles. The third-order valence-corrected chi connectivity index (χ3v) is 11.3. The van der Waals surface area contributed by atoms with E-state index < -0.39 is 25.9 Å². The van der Waals surface area contributed by atoms with Crippen molar-refractivity contribution in [3.05, 3.63) is 59.0 Å². The monoisotopic (exact) mass is 560 g/mol. The molecule has 1 saturated heterocycles. The normalized spacial score (nSPS) is 18.6. The number of hydrogen-bond acceptors (Lipinski definition) is 7. The maximum Gasteiger partial charge on any atom is 0.258 e. The quantitative estimate of drug-likeness (QED) is 0.395. The zero-order valence-electron chi connectivity index (χ0n) is 20.4. The molecule has 0 bridgehead atoms. The Kier molecular flexibility index (Phi) is 6.99. The minimum absolute atomic E-state index is 0.00484. The van der Waals surface area contributed by atoms with Crippen molar-refractivity contribution in [2.75, 3.05) is 30.0 Å². The van der Waals surface area contributed by atoms with Crippen LogP contribution in [0, 0.1) is 0 Å². The topological polar surface area (TPSA) is 109 Å². The number of anilines is 1. The van der Waals surface area contributed by atoms with Crippen molar-refractivity contribution in [3.8, 4) is 0 Å². The molecule has 1 unspecified atom stereocenters. The van der Waals surface area contributed by atoms with Crippen molar-refractivity contribution in [1.82, 2.24) is 4.31 Å². The second-order valence-electron chi connectivity index (χ2n) is 9.61. The third-order valence-electron chi connectivity index (χ3n) is 7.02. The van der Waals surface area contributed by atoms with Crippen LogP contribution in [0.2, 0.25) is 0 Å². The lowest BCUT2D eigenvalue weighted by molar-refractivity contribution is -0.122. The number of ketones is 1. The molecule has 3 aromatic rings. The van der Waals surface area contributed by atoms with E-state index in [0.717, 1.165) is 34.1 Å². The first-order chi connectivity index (χ1) is 17.6. The average molecular weight is 561 g/mol. The number of sulfone groups is 1. The van der Waals surface area contributed by atoms with Crippen LogP contribution in [-0.4, -0.2) is 64.0 Å². The molecule has 11 heteroatoms. The van der Waals surface area contributed by atoms with E-state index >= 15 is 0 Å². The lowest BCUT2D eigenvalue weighted by Crippen LogP contribution is -2.48. The summed E-state index contributed by atoms with van der Waals surface area (Å²) in [6.45, 7) is 0.600. The third kappa shape index (κ3) is 4.97. The molecule has 3 heterocycles. The van der Waals surface area contributed by atoms with E-state index in [9.17, 15) is 26.4 Å². The van der Waals surface area contributed by atoms with Crippen molar-refractivity contribution in [3.63, 3.8) is 0 Å². The molecule has 0 aliphatic carbocycles. The van der Waals surface area contributed by atoms with Gasteiger partial charge < -0.3 is 4.90 Å². The molecule has 1 aromatic heterocycles. The van der Waals surface area contributed by atoms with Gasteiger partial charge in [-0.3, -0.25) is 9.59 Å². The molecule has 196 valence electrons. The van der Waals surface area contributed by atoms with Gasteiger partial charge in [0.25, 0.3) is 15.9 Å². The van der Waals surface area contributed by atoms with Gasteiger partial charge in [-0.25, -0.2) is 16.8 Å². The highest BCUT2D eigenvalue weighted by molar-refractivity contribution is 7.91. The molecule has 1 fully saturated rings. The molecule has 8 nitrogen and oxygen atoms in total. The Bertz CT molecular complexity index is 1580. The molecule has 2 aliphatic heterocycles. The lowest BCUT2D eigenvalue weighted by Gasteiger charge is -2.33. The molecule has 1 amide bonds. The minimum atomic E-state index is -3.75. The molecule has 37 heavy (non-hydrogen) atoms. The number of Topliss-reactive ketones (excluding diaryl/α,β-unsaturated/α-hetero) is 1. The van der Waals surface area contributed by atoms with E-state index in [1.165, 1.54) is 10.6 Å². The van der Waals surface area contributed by atoms with Gasteiger partial charge >= 0.3 is 0 Å². The summed E-state index contributed by atoms with van der Waals surface area (Å²) in [6, 6.07) is 11.6. The van der Waals surface area contributed by atoms with Crippen LogP contribution in [0.1, 0.15) is 41.6 Å². The van der Waals surface area contributed by atoms with Gasteiger partial charge in [-0.1, -0.05) is 30.7 Å². The maximum absolute atomic E-state index is 13.6. The molecule has 5 rings (SSSR count). The van der Waals surface area contributed by atoms with E-state index in [1.807, 2.05) is 12.1 Å². The molecule has 0 radical (unpaired) electrons. The predicted octanol–water partition coefficient (Wildman–Crippen LogP) is 3.65. The Morgan fingerprint density at radius 2 is 1.86 bits per heavy atom. The number of piperidine rings is 1. The molecular weight excluding hydrogens is 532 g/mol. The van der Waals surface area contributed by atoms with Crippen molar-refractivity contribution < 1.29 is 26.4 Å². The fourth-order valence-corrected chi connectivity index (χ4v) is 8.76. The second-order valence-corrected chi connectivity index (χ2v) is 14.9. The first-order valence-electron chi connectivity index (χ1n) is 12.2. The summed E-state index contributed by atoms with van der Waals surface area (Å²) in [4.78, 5) is 28.3. The second kappa shape index (κ2) is 9.94. The summed E-state index contributed by atoms with van der Waals surface area (Å²) in [5, 5.41) is 3.25. The zero-order chi connectivity index (χ0) is 26.4. The van der Waals surface area contributed by atoms with Gasteiger partial charge in [0.1, 0.15) is 14.0 Å². The van der Waals surface area contributed by atoms with Crippen molar-refractivity contribution in [2.45, 2.75) is 42.4 Å². The van der Waals surface area contributed by atoms with E-state index in [0.29, 0.717) is 37.1 Å². The molecule has 2 aliphatic rings. The van der Waals surface area contributed by atoms with Crippen LogP contribution in [0.15, 0.2) is 52.1 Å². The Balaban J connectivity index is 1.43. The number of sulfonamides is 1. The van der Waals surface area contributed by atoms with Gasteiger partial charge in [0.15, 0.2) is 5.78 Å². The van der Waals surface area contributed by atoms with Gasteiger partial charge in [0.05, 0.1) is 17.5 Å². The number of benzene rings is 2. The smallest absolute Gasteiger partial charge is 0.258 e. The number of carbonyl (C=O) groups is 2. The largest absolute Gasteiger partial charge is 0.308 e. The van der Waals surface area contributed by atoms with E-state index in [-0.39, 0.29) is 34.6 Å². The Labute approximate surface area is 220 Å². The summed E-state index contributed by atoms with van der Waals surface area (Å²) in [5.41, 5.74) is 1.98. The minimum Gasteiger partial charge on any atom is -0.308 e. The molecule has 1 atom stereocenters. The van der Waals surface area contributed by atoms with Crippen LogP contribution < -0.4 is 4.90 Å². The Morgan fingerprint density at radius 3 is 2.59 bits per heavy atom. The number of hydrogen-bond donors (Lipinski definition) is 0. The molecule has 0 saturated carbocycles. The SMILES string of the molecule is CS(=O)(=O)CCCN1C(=O)c2cccc3c(CC(=O)C4CCCCN4S(=O)(=O)c4cccs4)ccc1c23. The van der Waals surface area contributed by atoms with Gasteiger partial charge in [0.2, 0.25) is 0 Å². The van der Waals surface area contributed by atoms with Gasteiger partial charge in [-0.15, -0.1) is 11.3 Å². The molecule has 0 N–H and O–H groups in total. The first-order valence-corrected chi connectivity index (χ1v) is 16.6. The van der Waals surface area contributed by atoms with Crippen molar-refractivity contribution >= 4 is 59.3 Å². The van der Waals surface area contributed by atoms with E-state index in [4.69, 9.17) is 0 Å². The van der Waals surface area contributed by atoms with Gasteiger partial charge in [-0.2, -0.15) is 4.31 Å². The van der Waals surface area contributed by atoms with Crippen LogP contribution >= 0.6 is 11.3 Å². The number of thiophene rings is 1. The highest BCUT2D eigenvalue weighted by atomic mass is 32.2. The molecule has 0 spiro atoms. The summed E-state index contributed by atoms with van der Waals surface area (Å²) in [6.07, 6.45) is 3.55. The predicted molar refractivity (Wildman–Crippen MR) is 145 cm³/mol. The van der Waals surface area contributed by atoms with Crippen LogP contribution in [0.5, 0.6) is 0 Å². The van der Waals surface area contributed by atoms with Crippen LogP contribution in [-0.2, 0) is 31.1 Å². The summed E-state index contributed by atoms with van der Waals surface area (Å²) in [7, 11) is -6.88. The number of amides is 1. The average Bonchev–Trinajstić information content (AvgIpc) is 3.50. The van der Waals surface area contributed by atoms with E-state index in [2.05, 4.69) is 0 Å². The number of carbonyl (C=O) groups excluding carboxylic acids is 2. The highest BCUT2D eigenvalue weighted by Crippen LogP contribution is 2.39. The highest BCUT2D eigenvalue weighted by Gasteiger charge is 2.38. The van der Waals surface area contributed by atoms with Crippen molar-refractivity contribution in [2.24, 2.45) is 0 Å². The number of rotatable bonds is 9. The molecular formula is C26H28N2O6S3. The van der Waals surface area contributed by atoms with Crippen LogP contribution in [0.4, 0.5) is 5.69 Å². The fraction of sp³-hybridized carbons (Fsp3) is 0.385.